The summed E-state index contributed by atoms with van der Waals surface area (Å²) in [5.41, 5.74) is 2.97. The second kappa shape index (κ2) is 7.23. The molecule has 0 radical (unpaired) electrons. The van der Waals surface area contributed by atoms with Crippen LogP contribution in [0.25, 0.3) is 0 Å². The van der Waals surface area contributed by atoms with E-state index in [2.05, 4.69) is 4.90 Å². The fourth-order valence-electron chi connectivity index (χ4n) is 3.04. The van der Waals surface area contributed by atoms with Gasteiger partial charge in [-0.05, 0) is 54.8 Å². The highest BCUT2D eigenvalue weighted by molar-refractivity contribution is 7.89. The van der Waals surface area contributed by atoms with Crippen molar-refractivity contribution in [2.24, 2.45) is 0 Å². The Kier molecular flexibility index (Phi) is 5.22. The minimum Gasteiger partial charge on any atom is -0.296 e. The second-order valence-corrected chi connectivity index (χ2v) is 8.49. The van der Waals surface area contributed by atoms with E-state index in [9.17, 15) is 12.8 Å². The molecule has 0 spiro atoms. The van der Waals surface area contributed by atoms with E-state index < -0.39 is 10.0 Å². The lowest BCUT2D eigenvalue weighted by Gasteiger charge is -2.34. The highest BCUT2D eigenvalue weighted by Gasteiger charge is 2.28. The van der Waals surface area contributed by atoms with E-state index in [0.717, 1.165) is 16.7 Å². The van der Waals surface area contributed by atoms with E-state index >= 15 is 0 Å². The molecule has 1 fully saturated rings. The van der Waals surface area contributed by atoms with Gasteiger partial charge in [0.1, 0.15) is 5.82 Å². The van der Waals surface area contributed by atoms with Crippen LogP contribution in [-0.2, 0) is 16.6 Å². The molecule has 4 nitrogen and oxygen atoms in total. The van der Waals surface area contributed by atoms with E-state index in [4.69, 9.17) is 0 Å². The van der Waals surface area contributed by atoms with Gasteiger partial charge in [0.05, 0.1) is 4.90 Å². The molecule has 0 N–H and O–H groups in total. The Morgan fingerprint density at radius 2 is 1.68 bits per heavy atom. The van der Waals surface area contributed by atoms with Crippen molar-refractivity contribution in [3.05, 3.63) is 65.0 Å². The molecule has 2 aromatic carbocycles. The van der Waals surface area contributed by atoms with Gasteiger partial charge in [0, 0.05) is 32.7 Å². The summed E-state index contributed by atoms with van der Waals surface area (Å²) in [5, 5.41) is 0. The zero-order valence-electron chi connectivity index (χ0n) is 14.6. The lowest BCUT2D eigenvalue weighted by molar-refractivity contribution is 0.181. The summed E-state index contributed by atoms with van der Waals surface area (Å²) in [6, 6.07) is 11.8. The van der Waals surface area contributed by atoms with Crippen LogP contribution in [0.2, 0.25) is 0 Å². The summed E-state index contributed by atoms with van der Waals surface area (Å²) in [7, 11) is -3.46. The SMILES string of the molecule is Cc1ccc(S(=O)(=O)N2CCN(Cc3cccc(F)c3)CC2)cc1C. The number of piperazine rings is 1. The van der Waals surface area contributed by atoms with Crippen LogP contribution in [0.3, 0.4) is 0 Å². The van der Waals surface area contributed by atoms with Gasteiger partial charge in [0.25, 0.3) is 0 Å². The van der Waals surface area contributed by atoms with Crippen LogP contribution >= 0.6 is 0 Å². The van der Waals surface area contributed by atoms with Crippen molar-refractivity contribution >= 4 is 10.0 Å². The first-order chi connectivity index (χ1) is 11.9. The summed E-state index contributed by atoms with van der Waals surface area (Å²) >= 11 is 0. The molecule has 2 aromatic rings. The Bertz CT molecular complexity index is 859. The van der Waals surface area contributed by atoms with Crippen molar-refractivity contribution < 1.29 is 12.8 Å². The first-order valence-electron chi connectivity index (χ1n) is 8.40. The monoisotopic (exact) mass is 362 g/mol. The molecule has 0 atom stereocenters. The van der Waals surface area contributed by atoms with E-state index in [-0.39, 0.29) is 5.82 Å². The van der Waals surface area contributed by atoms with E-state index in [1.54, 1.807) is 22.5 Å². The van der Waals surface area contributed by atoms with Crippen LogP contribution in [0.5, 0.6) is 0 Å². The maximum atomic E-state index is 13.3. The molecule has 6 heteroatoms. The lowest BCUT2D eigenvalue weighted by atomic mass is 10.1. The molecule has 0 aromatic heterocycles. The third-order valence-electron chi connectivity index (χ3n) is 4.74. The maximum absolute atomic E-state index is 13.3. The van der Waals surface area contributed by atoms with E-state index in [0.29, 0.717) is 37.6 Å². The van der Waals surface area contributed by atoms with Gasteiger partial charge < -0.3 is 0 Å². The number of nitrogens with zero attached hydrogens (tertiary/aromatic N) is 2. The molecular formula is C19H23FN2O2S. The largest absolute Gasteiger partial charge is 0.296 e. The first-order valence-corrected chi connectivity index (χ1v) is 9.84. The Labute approximate surface area is 148 Å². The highest BCUT2D eigenvalue weighted by Crippen LogP contribution is 2.21. The molecule has 0 amide bonds. The Hall–Kier alpha value is -1.76. The Morgan fingerprint density at radius 3 is 2.32 bits per heavy atom. The van der Waals surface area contributed by atoms with Crippen LogP contribution < -0.4 is 0 Å². The van der Waals surface area contributed by atoms with Crippen molar-refractivity contribution in [2.45, 2.75) is 25.3 Å². The molecule has 3 rings (SSSR count). The van der Waals surface area contributed by atoms with Gasteiger partial charge in [-0.2, -0.15) is 4.31 Å². The molecule has 0 bridgehead atoms. The molecule has 1 saturated heterocycles. The normalized spacial score (nSPS) is 16.9. The Balaban J connectivity index is 1.66. The maximum Gasteiger partial charge on any atom is 0.243 e. The van der Waals surface area contributed by atoms with Crippen LogP contribution in [0.4, 0.5) is 4.39 Å². The van der Waals surface area contributed by atoms with Gasteiger partial charge >= 0.3 is 0 Å². The molecule has 134 valence electrons. The van der Waals surface area contributed by atoms with Crippen LogP contribution in [-0.4, -0.2) is 43.8 Å². The van der Waals surface area contributed by atoms with Crippen molar-refractivity contribution in [2.75, 3.05) is 26.2 Å². The number of hydrogen-bond acceptors (Lipinski definition) is 3. The van der Waals surface area contributed by atoms with Gasteiger partial charge in [-0.1, -0.05) is 18.2 Å². The fraction of sp³-hybridized carbons (Fsp3) is 0.368. The summed E-state index contributed by atoms with van der Waals surface area (Å²) in [6.45, 7) is 6.70. The zero-order valence-corrected chi connectivity index (χ0v) is 15.4. The van der Waals surface area contributed by atoms with Gasteiger partial charge in [-0.3, -0.25) is 4.90 Å². The summed E-state index contributed by atoms with van der Waals surface area (Å²) in [4.78, 5) is 2.51. The second-order valence-electron chi connectivity index (χ2n) is 6.56. The molecule has 0 unspecified atom stereocenters. The van der Waals surface area contributed by atoms with Crippen molar-refractivity contribution in [3.63, 3.8) is 0 Å². The number of rotatable bonds is 4. The minimum absolute atomic E-state index is 0.242. The van der Waals surface area contributed by atoms with Gasteiger partial charge in [0.15, 0.2) is 0 Å². The van der Waals surface area contributed by atoms with E-state index in [1.807, 2.05) is 26.0 Å². The number of hydrogen-bond donors (Lipinski definition) is 0. The number of sulfonamides is 1. The summed E-state index contributed by atoms with van der Waals surface area (Å²) in [5.74, 6) is -0.242. The first kappa shape index (κ1) is 18.0. The molecule has 1 aliphatic rings. The zero-order chi connectivity index (χ0) is 18.0. The smallest absolute Gasteiger partial charge is 0.243 e. The molecular weight excluding hydrogens is 339 g/mol. The predicted octanol–water partition coefficient (Wildman–Crippen LogP) is 2.95. The van der Waals surface area contributed by atoms with Gasteiger partial charge in [-0.15, -0.1) is 0 Å². The highest BCUT2D eigenvalue weighted by atomic mass is 32.2. The van der Waals surface area contributed by atoms with Crippen molar-refractivity contribution in [1.29, 1.82) is 0 Å². The summed E-state index contributed by atoms with van der Waals surface area (Å²) < 4.78 is 40.5. The standard InChI is InChI=1S/C19H23FN2O2S/c1-15-6-7-19(12-16(15)2)25(23,24)22-10-8-21(9-11-22)14-17-4-3-5-18(20)13-17/h3-7,12-13H,8-11,14H2,1-2H3. The quantitative estimate of drug-likeness (QED) is 0.840. The predicted molar refractivity (Wildman–Crippen MR) is 96.4 cm³/mol. The molecule has 0 saturated carbocycles. The Morgan fingerprint density at radius 1 is 0.960 bits per heavy atom. The van der Waals surface area contributed by atoms with Gasteiger partial charge in [-0.25, -0.2) is 12.8 Å². The lowest BCUT2D eigenvalue weighted by Crippen LogP contribution is -2.48. The van der Waals surface area contributed by atoms with Crippen molar-refractivity contribution in [1.82, 2.24) is 9.21 Å². The van der Waals surface area contributed by atoms with Crippen molar-refractivity contribution in [3.8, 4) is 0 Å². The van der Waals surface area contributed by atoms with Crippen LogP contribution in [0, 0.1) is 19.7 Å². The average Bonchev–Trinajstić information content (AvgIpc) is 2.58. The number of halogens is 1. The van der Waals surface area contributed by atoms with Crippen LogP contribution in [0.15, 0.2) is 47.4 Å². The third-order valence-corrected chi connectivity index (χ3v) is 6.64. The minimum atomic E-state index is -3.46. The molecule has 1 heterocycles. The average molecular weight is 362 g/mol. The summed E-state index contributed by atoms with van der Waals surface area (Å²) in [6.07, 6.45) is 0. The van der Waals surface area contributed by atoms with E-state index in [1.165, 1.54) is 12.1 Å². The molecule has 1 aliphatic heterocycles. The molecule has 25 heavy (non-hydrogen) atoms. The third kappa shape index (κ3) is 4.08. The number of aryl methyl sites for hydroxylation is 2. The fourth-order valence-corrected chi connectivity index (χ4v) is 4.55. The number of benzene rings is 2. The van der Waals surface area contributed by atoms with Gasteiger partial charge in [0.2, 0.25) is 10.0 Å². The molecule has 0 aliphatic carbocycles. The van der Waals surface area contributed by atoms with Crippen LogP contribution in [0.1, 0.15) is 16.7 Å². The topological polar surface area (TPSA) is 40.6 Å².